The van der Waals surface area contributed by atoms with Crippen LogP contribution in [0.2, 0.25) is 0 Å². The quantitative estimate of drug-likeness (QED) is 0.329. The van der Waals surface area contributed by atoms with Gasteiger partial charge in [0.05, 0.1) is 14.2 Å². The second kappa shape index (κ2) is 17.1. The van der Waals surface area contributed by atoms with Crippen LogP contribution in [-0.4, -0.2) is 89.1 Å². The molecule has 0 aromatic carbocycles. The van der Waals surface area contributed by atoms with Gasteiger partial charge in [-0.05, 0) is 56.8 Å². The molecule has 2 rings (SSSR count). The summed E-state index contributed by atoms with van der Waals surface area (Å²) >= 11 is 0. The number of likely N-dealkylation sites (tertiary alicyclic amines) is 2. The topological polar surface area (TPSA) is 157 Å². The normalized spacial score (nSPS) is 24.9. The number of ether oxygens (including phenoxy) is 2. The number of carbonyl (C=O) groups is 5. The van der Waals surface area contributed by atoms with E-state index in [1.54, 1.807) is 23.6 Å². The van der Waals surface area contributed by atoms with Gasteiger partial charge in [-0.2, -0.15) is 0 Å². The molecule has 2 heterocycles. The maximum absolute atomic E-state index is 11.8. The summed E-state index contributed by atoms with van der Waals surface area (Å²) < 4.78 is 9.48. The molecule has 0 radical (unpaired) electrons. The first kappa shape index (κ1) is 43.3. The minimum absolute atomic E-state index is 0. The van der Waals surface area contributed by atoms with E-state index in [1.807, 2.05) is 0 Å². The van der Waals surface area contributed by atoms with Crippen LogP contribution in [0.4, 0.5) is 0 Å². The summed E-state index contributed by atoms with van der Waals surface area (Å²) in [5.74, 6) is -1.58. The summed E-state index contributed by atoms with van der Waals surface area (Å²) in [5, 5.41) is 8.32. The molecule has 242 valence electrons. The molecule has 0 aliphatic carbocycles. The Morgan fingerprint density at radius 3 is 1.68 bits per heavy atom. The molecule has 0 aromatic rings. The van der Waals surface area contributed by atoms with E-state index < -0.39 is 23.1 Å². The van der Waals surface area contributed by atoms with Crippen LogP contribution in [0.15, 0.2) is 0 Å². The van der Waals surface area contributed by atoms with Gasteiger partial charge in [0.2, 0.25) is 12.8 Å². The molecule has 2 aliphatic rings. The monoisotopic (exact) mass is 629 g/mol. The van der Waals surface area contributed by atoms with Crippen molar-refractivity contribution >= 4 is 55.5 Å². The van der Waals surface area contributed by atoms with Crippen molar-refractivity contribution in [2.45, 2.75) is 124 Å². The zero-order chi connectivity index (χ0) is 31.0. The average molecular weight is 631 g/mol. The van der Waals surface area contributed by atoms with Crippen LogP contribution in [0.3, 0.4) is 0 Å². The molecular formula is C28H53Cl2N3O8. The number of carboxylic acid groups (broad SMARTS) is 1. The number of esters is 2. The van der Waals surface area contributed by atoms with Crippen molar-refractivity contribution in [3.63, 3.8) is 0 Å². The zero-order valence-electron chi connectivity index (χ0n) is 26.5. The van der Waals surface area contributed by atoms with Gasteiger partial charge in [-0.3, -0.25) is 14.4 Å². The van der Waals surface area contributed by atoms with Gasteiger partial charge in [0.15, 0.2) is 0 Å². The maximum atomic E-state index is 11.8. The van der Waals surface area contributed by atoms with Crippen molar-refractivity contribution < 1.29 is 38.6 Å². The molecule has 3 N–H and O–H groups in total. The molecule has 0 aromatic heterocycles. The van der Waals surface area contributed by atoms with Crippen molar-refractivity contribution in [2.75, 3.05) is 14.2 Å². The SMILES string of the molecule is CC[C@](C)(N)C(=O)O.COC(=O)[C@@H]1CC[C@H](C(C)(C)C)N1C=O.COC(=O)[C@]1(C)CC[C@H](C(C)(C)C)N1C=O.Cl.Cl. The Balaban J connectivity index is -0.000000543. The van der Waals surface area contributed by atoms with E-state index in [9.17, 15) is 24.0 Å². The van der Waals surface area contributed by atoms with E-state index in [0.717, 1.165) is 25.7 Å². The standard InChI is InChI=1S/C12H21NO3.C11H19NO3.C5H11NO2.2ClH/c1-11(2,3)9-6-7-12(4,10(15)16-5)13(9)8-14;1-11(2,3)9-6-5-8(10(14)15-4)12(9)7-13;1-3-5(2,6)4(7)8;;/h8-9H,6-7H2,1-5H3;7-9H,5-6H2,1-4H3;3,6H2,1-2H3,(H,7,8);2*1H/t9-,12+;8-,9+;5-;;/m100../s1. The number of rotatable bonds is 6. The van der Waals surface area contributed by atoms with Crippen LogP contribution in [0, 0.1) is 10.8 Å². The van der Waals surface area contributed by atoms with Gasteiger partial charge in [-0.25, -0.2) is 9.59 Å². The Hall–Kier alpha value is -2.11. The van der Waals surface area contributed by atoms with E-state index in [0.29, 0.717) is 19.3 Å². The molecule has 0 unspecified atom stereocenters. The molecule has 2 amide bonds. The third kappa shape index (κ3) is 11.2. The lowest BCUT2D eigenvalue weighted by atomic mass is 9.85. The summed E-state index contributed by atoms with van der Waals surface area (Å²) in [4.78, 5) is 58.8. The highest BCUT2D eigenvalue weighted by Gasteiger charge is 2.51. The van der Waals surface area contributed by atoms with E-state index in [4.69, 9.17) is 15.6 Å². The summed E-state index contributed by atoms with van der Waals surface area (Å²) in [6, 6.07) is -0.176. The first-order valence-corrected chi connectivity index (χ1v) is 13.3. The lowest BCUT2D eigenvalue weighted by Crippen LogP contribution is -2.53. The van der Waals surface area contributed by atoms with Crippen LogP contribution >= 0.6 is 24.8 Å². The number of nitrogens with zero attached hydrogens (tertiary/aromatic N) is 2. The van der Waals surface area contributed by atoms with Gasteiger partial charge in [-0.15, -0.1) is 24.8 Å². The van der Waals surface area contributed by atoms with Crippen molar-refractivity contribution in [1.29, 1.82) is 0 Å². The van der Waals surface area contributed by atoms with E-state index >= 15 is 0 Å². The number of carbonyl (C=O) groups excluding carboxylic acids is 4. The van der Waals surface area contributed by atoms with Crippen molar-refractivity contribution in [3.05, 3.63) is 0 Å². The lowest BCUT2D eigenvalue weighted by molar-refractivity contribution is -0.157. The Bertz CT molecular complexity index is 873. The predicted octanol–water partition coefficient (Wildman–Crippen LogP) is 3.82. The molecule has 2 aliphatic heterocycles. The van der Waals surface area contributed by atoms with Crippen LogP contribution in [0.5, 0.6) is 0 Å². The van der Waals surface area contributed by atoms with Crippen molar-refractivity contribution in [2.24, 2.45) is 16.6 Å². The first-order valence-electron chi connectivity index (χ1n) is 13.3. The smallest absolute Gasteiger partial charge is 0.331 e. The third-order valence-electron chi connectivity index (χ3n) is 7.80. The third-order valence-corrected chi connectivity index (χ3v) is 7.80. The van der Waals surface area contributed by atoms with E-state index in [-0.39, 0.29) is 59.7 Å². The fourth-order valence-electron chi connectivity index (χ4n) is 4.88. The number of carboxylic acids is 1. The number of hydrogen-bond donors (Lipinski definition) is 2. The second-order valence-electron chi connectivity index (χ2n) is 12.8. The van der Waals surface area contributed by atoms with Gasteiger partial charge in [0.25, 0.3) is 0 Å². The maximum Gasteiger partial charge on any atom is 0.331 e. The number of halogens is 2. The summed E-state index contributed by atoms with van der Waals surface area (Å²) in [6.45, 7) is 17.5. The van der Waals surface area contributed by atoms with Gasteiger partial charge in [0.1, 0.15) is 17.1 Å². The summed E-state index contributed by atoms with van der Waals surface area (Å²) in [5.41, 5.74) is 3.40. The van der Waals surface area contributed by atoms with Gasteiger partial charge in [-0.1, -0.05) is 48.5 Å². The first-order chi connectivity index (χ1) is 17.7. The van der Waals surface area contributed by atoms with Gasteiger partial charge >= 0.3 is 17.9 Å². The molecule has 0 bridgehead atoms. The number of aliphatic carboxylic acids is 1. The highest BCUT2D eigenvalue weighted by atomic mass is 35.5. The van der Waals surface area contributed by atoms with Gasteiger partial charge in [0, 0.05) is 12.1 Å². The van der Waals surface area contributed by atoms with Crippen LogP contribution in [0.25, 0.3) is 0 Å². The van der Waals surface area contributed by atoms with Gasteiger partial charge < -0.3 is 30.1 Å². The molecule has 11 nitrogen and oxygen atoms in total. The molecule has 0 saturated carbocycles. The molecule has 13 heteroatoms. The summed E-state index contributed by atoms with van der Waals surface area (Å²) in [6.07, 6.45) is 5.08. The van der Waals surface area contributed by atoms with Crippen molar-refractivity contribution in [1.82, 2.24) is 9.80 Å². The average Bonchev–Trinajstić information content (AvgIpc) is 3.45. The minimum Gasteiger partial charge on any atom is -0.480 e. The highest BCUT2D eigenvalue weighted by molar-refractivity contribution is 5.86. The number of amides is 2. The second-order valence-corrected chi connectivity index (χ2v) is 12.8. The number of hydrogen-bond acceptors (Lipinski definition) is 8. The zero-order valence-corrected chi connectivity index (χ0v) is 28.1. The molecule has 5 atom stereocenters. The van der Waals surface area contributed by atoms with Crippen LogP contribution < -0.4 is 5.73 Å². The molecule has 41 heavy (non-hydrogen) atoms. The predicted molar refractivity (Wildman–Crippen MR) is 162 cm³/mol. The fraction of sp³-hybridized carbons (Fsp3) is 0.821. The Labute approximate surface area is 258 Å². The van der Waals surface area contributed by atoms with E-state index in [2.05, 4.69) is 46.3 Å². The van der Waals surface area contributed by atoms with Crippen molar-refractivity contribution in [3.8, 4) is 0 Å². The Morgan fingerprint density at radius 2 is 1.39 bits per heavy atom. The Morgan fingerprint density at radius 1 is 0.902 bits per heavy atom. The largest absolute Gasteiger partial charge is 0.480 e. The van der Waals surface area contributed by atoms with E-state index in [1.165, 1.54) is 21.1 Å². The highest BCUT2D eigenvalue weighted by Crippen LogP contribution is 2.41. The molecule has 0 spiro atoms. The molecule has 2 fully saturated rings. The number of methoxy groups -OCH3 is 2. The summed E-state index contributed by atoms with van der Waals surface area (Å²) in [7, 11) is 2.72. The minimum atomic E-state index is -1.04. The fourth-order valence-corrected chi connectivity index (χ4v) is 4.88. The molecule has 2 saturated heterocycles. The Kier molecular flexibility index (Phi) is 18.1. The lowest BCUT2D eigenvalue weighted by Gasteiger charge is -2.38. The van der Waals surface area contributed by atoms with Crippen LogP contribution in [0.1, 0.15) is 94.4 Å². The molecular weight excluding hydrogens is 577 g/mol. The van der Waals surface area contributed by atoms with Crippen LogP contribution in [-0.2, 0) is 33.4 Å². The number of nitrogens with two attached hydrogens (primary N) is 1.